The summed E-state index contributed by atoms with van der Waals surface area (Å²) >= 11 is 0. The van der Waals surface area contributed by atoms with Gasteiger partial charge >= 0.3 is 0 Å². The van der Waals surface area contributed by atoms with Gasteiger partial charge in [-0.05, 0) is 67.6 Å². The molecule has 170 valence electrons. The highest BCUT2D eigenvalue weighted by atomic mass is 16.5. The number of nitrogens with zero attached hydrogens (tertiary/aromatic N) is 1. The maximum absolute atomic E-state index is 13.0. The number of ketones is 1. The average Bonchev–Trinajstić information content (AvgIpc) is 2.76. The molecule has 2 aliphatic heterocycles. The predicted molar refractivity (Wildman–Crippen MR) is 125 cm³/mol. The Morgan fingerprint density at radius 3 is 2.28 bits per heavy atom. The van der Waals surface area contributed by atoms with Crippen molar-refractivity contribution in [1.82, 2.24) is 4.90 Å². The van der Waals surface area contributed by atoms with E-state index in [9.17, 15) is 9.59 Å². The molecule has 2 aromatic carbocycles. The van der Waals surface area contributed by atoms with E-state index in [-0.39, 0.29) is 11.7 Å². The molecule has 1 unspecified atom stereocenters. The number of fused-ring (bicyclic) bond motifs is 1. The molecule has 2 aromatic rings. The number of aryl methyl sites for hydroxylation is 2. The third kappa shape index (κ3) is 4.38. The Morgan fingerprint density at radius 2 is 1.66 bits per heavy atom. The molecular formula is C27H33NO4. The average molecular weight is 436 g/mol. The molecule has 32 heavy (non-hydrogen) atoms. The van der Waals surface area contributed by atoms with E-state index in [0.717, 1.165) is 11.1 Å². The van der Waals surface area contributed by atoms with Crippen LogP contribution in [0.1, 0.15) is 73.0 Å². The maximum atomic E-state index is 13.0. The highest BCUT2D eigenvalue weighted by Crippen LogP contribution is 2.40. The number of piperidine rings is 1. The van der Waals surface area contributed by atoms with Gasteiger partial charge < -0.3 is 14.4 Å². The smallest absolute Gasteiger partial charge is 0.263 e. The number of benzene rings is 2. The standard InChI is InChI=1S/C27H33NO4/c1-17(2)21-6-8-22(9-7-21)31-20(5)26(30)28-12-10-27(11-13-28)16-24(29)23-14-18(3)19(4)15-25(23)32-27/h6-9,14-15,17,20H,10-13,16H2,1-5H3. The zero-order valence-electron chi connectivity index (χ0n) is 19.7. The highest BCUT2D eigenvalue weighted by molar-refractivity contribution is 6.00. The van der Waals surface area contributed by atoms with Crippen LogP contribution in [0, 0.1) is 13.8 Å². The molecule has 1 fully saturated rings. The largest absolute Gasteiger partial charge is 0.486 e. The third-order valence-corrected chi connectivity index (χ3v) is 6.90. The van der Waals surface area contributed by atoms with Crippen molar-refractivity contribution >= 4 is 11.7 Å². The van der Waals surface area contributed by atoms with Crippen LogP contribution in [-0.4, -0.2) is 41.4 Å². The van der Waals surface area contributed by atoms with Crippen molar-refractivity contribution in [3.05, 3.63) is 58.7 Å². The Hall–Kier alpha value is -2.82. The van der Waals surface area contributed by atoms with Crippen molar-refractivity contribution in [3.8, 4) is 11.5 Å². The predicted octanol–water partition coefficient (Wildman–Crippen LogP) is 5.22. The van der Waals surface area contributed by atoms with Crippen molar-refractivity contribution in [2.75, 3.05) is 13.1 Å². The second-order valence-corrected chi connectivity index (χ2v) is 9.63. The van der Waals surface area contributed by atoms with Crippen LogP contribution >= 0.6 is 0 Å². The minimum absolute atomic E-state index is 0.0261. The number of amides is 1. The molecule has 1 atom stereocenters. The SMILES string of the molecule is Cc1cc2c(cc1C)C(=O)CC1(CCN(C(=O)C(C)Oc3ccc(C(C)C)cc3)CC1)O2. The minimum atomic E-state index is -0.561. The zero-order chi connectivity index (χ0) is 23.0. The molecule has 0 aliphatic carbocycles. The van der Waals surface area contributed by atoms with Gasteiger partial charge in [-0.2, -0.15) is 0 Å². The lowest BCUT2D eigenvalue weighted by Crippen LogP contribution is -2.54. The molecular weight excluding hydrogens is 402 g/mol. The molecule has 2 aliphatic rings. The lowest BCUT2D eigenvalue weighted by atomic mass is 9.82. The van der Waals surface area contributed by atoms with Crippen LogP contribution in [0.25, 0.3) is 0 Å². The van der Waals surface area contributed by atoms with Gasteiger partial charge in [-0.25, -0.2) is 0 Å². The highest BCUT2D eigenvalue weighted by Gasteiger charge is 2.44. The number of ether oxygens (including phenoxy) is 2. The Morgan fingerprint density at radius 1 is 1.03 bits per heavy atom. The summed E-state index contributed by atoms with van der Waals surface area (Å²) in [5.74, 6) is 1.95. The Bertz CT molecular complexity index is 1020. The second-order valence-electron chi connectivity index (χ2n) is 9.63. The fourth-order valence-corrected chi connectivity index (χ4v) is 4.61. The molecule has 0 bridgehead atoms. The van der Waals surface area contributed by atoms with Crippen LogP contribution in [0.5, 0.6) is 11.5 Å². The summed E-state index contributed by atoms with van der Waals surface area (Å²) in [7, 11) is 0. The Labute approximate surface area is 190 Å². The van der Waals surface area contributed by atoms with E-state index in [2.05, 4.69) is 13.8 Å². The van der Waals surface area contributed by atoms with Crippen LogP contribution in [-0.2, 0) is 4.79 Å². The number of rotatable bonds is 4. The summed E-state index contributed by atoms with van der Waals surface area (Å²) in [4.78, 5) is 27.7. The van der Waals surface area contributed by atoms with Crippen LogP contribution in [0.4, 0.5) is 0 Å². The van der Waals surface area contributed by atoms with E-state index < -0.39 is 11.7 Å². The molecule has 0 saturated carbocycles. The number of carbonyl (C=O) groups is 2. The van der Waals surface area contributed by atoms with Gasteiger partial charge in [0.1, 0.15) is 17.1 Å². The number of carbonyl (C=O) groups excluding carboxylic acids is 2. The Balaban J connectivity index is 1.38. The van der Waals surface area contributed by atoms with Gasteiger partial charge in [0, 0.05) is 25.9 Å². The van der Waals surface area contributed by atoms with Crippen LogP contribution in [0.3, 0.4) is 0 Å². The monoisotopic (exact) mass is 435 g/mol. The first-order valence-corrected chi connectivity index (χ1v) is 11.6. The molecule has 1 spiro atoms. The molecule has 0 aromatic heterocycles. The third-order valence-electron chi connectivity index (χ3n) is 6.90. The van der Waals surface area contributed by atoms with E-state index >= 15 is 0 Å². The lowest BCUT2D eigenvalue weighted by Gasteiger charge is -2.44. The van der Waals surface area contributed by atoms with Gasteiger partial charge in [0.15, 0.2) is 11.9 Å². The van der Waals surface area contributed by atoms with Gasteiger partial charge in [0.2, 0.25) is 0 Å². The van der Waals surface area contributed by atoms with Crippen LogP contribution in [0.2, 0.25) is 0 Å². The van der Waals surface area contributed by atoms with Crippen molar-refractivity contribution < 1.29 is 19.1 Å². The summed E-state index contributed by atoms with van der Waals surface area (Å²) in [6, 6.07) is 11.8. The molecule has 1 amide bonds. The van der Waals surface area contributed by atoms with Crippen molar-refractivity contribution in [1.29, 1.82) is 0 Å². The van der Waals surface area contributed by atoms with Crippen molar-refractivity contribution in [3.63, 3.8) is 0 Å². The molecule has 5 nitrogen and oxygen atoms in total. The summed E-state index contributed by atoms with van der Waals surface area (Å²) < 4.78 is 12.3. The van der Waals surface area contributed by atoms with E-state index in [0.29, 0.717) is 55.3 Å². The topological polar surface area (TPSA) is 55.8 Å². The minimum Gasteiger partial charge on any atom is -0.486 e. The first kappa shape index (κ1) is 22.4. The second kappa shape index (κ2) is 8.61. The number of Topliss-reactive ketones (excluding diaryl/α,β-unsaturated/α-hetero) is 1. The number of likely N-dealkylation sites (tertiary alicyclic amines) is 1. The molecule has 5 heteroatoms. The molecule has 0 radical (unpaired) electrons. The molecule has 2 heterocycles. The summed E-state index contributed by atoms with van der Waals surface area (Å²) in [6.45, 7) is 11.3. The van der Waals surface area contributed by atoms with Gasteiger partial charge in [-0.1, -0.05) is 26.0 Å². The van der Waals surface area contributed by atoms with E-state index in [1.165, 1.54) is 5.56 Å². The van der Waals surface area contributed by atoms with Crippen LogP contribution in [0.15, 0.2) is 36.4 Å². The fraction of sp³-hybridized carbons (Fsp3) is 0.481. The number of hydrogen-bond acceptors (Lipinski definition) is 4. The summed E-state index contributed by atoms with van der Waals surface area (Å²) in [6.07, 6.45) is 1.10. The van der Waals surface area contributed by atoms with Gasteiger partial charge in [-0.15, -0.1) is 0 Å². The Kier molecular flexibility index (Phi) is 6.02. The molecule has 0 N–H and O–H groups in total. The van der Waals surface area contributed by atoms with Crippen molar-refractivity contribution in [2.24, 2.45) is 0 Å². The van der Waals surface area contributed by atoms with E-state index in [1.807, 2.05) is 55.1 Å². The zero-order valence-corrected chi connectivity index (χ0v) is 19.7. The van der Waals surface area contributed by atoms with E-state index in [1.54, 1.807) is 6.92 Å². The van der Waals surface area contributed by atoms with Crippen molar-refractivity contribution in [2.45, 2.75) is 71.5 Å². The normalized spacial score (nSPS) is 18.3. The van der Waals surface area contributed by atoms with Crippen LogP contribution < -0.4 is 9.47 Å². The summed E-state index contributed by atoms with van der Waals surface area (Å²) in [5, 5.41) is 0. The van der Waals surface area contributed by atoms with E-state index in [4.69, 9.17) is 9.47 Å². The van der Waals surface area contributed by atoms with Gasteiger partial charge in [0.05, 0.1) is 12.0 Å². The quantitative estimate of drug-likeness (QED) is 0.661. The van der Waals surface area contributed by atoms with Gasteiger partial charge in [-0.3, -0.25) is 9.59 Å². The molecule has 1 saturated heterocycles. The molecule has 4 rings (SSSR count). The maximum Gasteiger partial charge on any atom is 0.263 e. The lowest BCUT2D eigenvalue weighted by molar-refractivity contribution is -0.141. The first-order chi connectivity index (χ1) is 15.2. The summed E-state index contributed by atoms with van der Waals surface area (Å²) in [5.41, 5.74) is 3.63. The first-order valence-electron chi connectivity index (χ1n) is 11.6. The fourth-order valence-electron chi connectivity index (χ4n) is 4.61. The van der Waals surface area contributed by atoms with Gasteiger partial charge in [0.25, 0.3) is 5.91 Å². The number of hydrogen-bond donors (Lipinski definition) is 0.